The molecule has 2 rings (SSSR count). The van der Waals surface area contributed by atoms with Crippen LogP contribution in [-0.2, 0) is 16.2 Å². The predicted octanol–water partition coefficient (Wildman–Crippen LogP) is 3.19. The van der Waals surface area contributed by atoms with Crippen molar-refractivity contribution in [1.82, 2.24) is 0 Å². The highest BCUT2D eigenvalue weighted by atomic mass is 32.2. The number of hydrogen-bond acceptors (Lipinski definition) is 5. The number of nitro groups is 1. The van der Waals surface area contributed by atoms with Crippen molar-refractivity contribution in [2.75, 3.05) is 0 Å². The molecule has 0 amide bonds. The Morgan fingerprint density at radius 3 is 2.32 bits per heavy atom. The second-order valence-corrected chi connectivity index (χ2v) is 6.18. The van der Waals surface area contributed by atoms with Crippen molar-refractivity contribution in [2.24, 2.45) is 5.14 Å². The molecule has 25 heavy (non-hydrogen) atoms. The van der Waals surface area contributed by atoms with Crippen molar-refractivity contribution in [1.29, 1.82) is 0 Å². The van der Waals surface area contributed by atoms with E-state index in [-0.39, 0.29) is 0 Å². The molecule has 12 heteroatoms. The molecule has 0 aliphatic carbocycles. The first-order valence-electron chi connectivity index (χ1n) is 6.26. The fourth-order valence-electron chi connectivity index (χ4n) is 1.91. The van der Waals surface area contributed by atoms with Gasteiger partial charge in [-0.3, -0.25) is 10.1 Å². The van der Waals surface area contributed by atoms with Crippen LogP contribution >= 0.6 is 0 Å². The predicted molar refractivity (Wildman–Crippen MR) is 75.9 cm³/mol. The van der Waals surface area contributed by atoms with E-state index < -0.39 is 54.6 Å². The van der Waals surface area contributed by atoms with E-state index in [1.54, 1.807) is 0 Å². The fourth-order valence-corrected chi connectivity index (χ4v) is 2.62. The van der Waals surface area contributed by atoms with Crippen LogP contribution in [0.5, 0.6) is 11.5 Å². The second-order valence-electron chi connectivity index (χ2n) is 4.65. The van der Waals surface area contributed by atoms with Gasteiger partial charge in [0.1, 0.15) is 11.6 Å². The number of halogens is 4. The Hall–Kier alpha value is -2.73. The molecular weight excluding hydrogens is 372 g/mol. The number of hydrogen-bond donors (Lipinski definition) is 1. The topological polar surface area (TPSA) is 113 Å². The van der Waals surface area contributed by atoms with Gasteiger partial charge in [0.05, 0.1) is 10.5 Å². The number of ether oxygens (including phenoxy) is 1. The zero-order valence-electron chi connectivity index (χ0n) is 12.0. The van der Waals surface area contributed by atoms with Crippen LogP contribution in [0.3, 0.4) is 0 Å². The lowest BCUT2D eigenvalue weighted by atomic mass is 10.2. The average molecular weight is 380 g/mol. The monoisotopic (exact) mass is 380 g/mol. The Kier molecular flexibility index (Phi) is 4.68. The largest absolute Gasteiger partial charge is 0.450 e. The van der Waals surface area contributed by atoms with Gasteiger partial charge in [-0.25, -0.2) is 17.9 Å². The summed E-state index contributed by atoms with van der Waals surface area (Å²) >= 11 is 0. The van der Waals surface area contributed by atoms with Crippen molar-refractivity contribution in [3.63, 3.8) is 0 Å². The third kappa shape index (κ3) is 4.03. The van der Waals surface area contributed by atoms with Gasteiger partial charge in [0.15, 0.2) is 4.90 Å². The minimum atomic E-state index is -5.02. The maximum atomic E-state index is 13.3. The number of benzene rings is 2. The molecule has 0 aromatic heterocycles. The minimum Gasteiger partial charge on any atom is -0.450 e. The van der Waals surface area contributed by atoms with Crippen molar-refractivity contribution in [2.45, 2.75) is 11.1 Å². The van der Waals surface area contributed by atoms with Crippen LogP contribution in [0, 0.1) is 15.9 Å². The van der Waals surface area contributed by atoms with Gasteiger partial charge >= 0.3 is 11.9 Å². The lowest BCUT2D eigenvalue weighted by molar-refractivity contribution is -0.388. The van der Waals surface area contributed by atoms with Gasteiger partial charge in [-0.2, -0.15) is 13.2 Å². The van der Waals surface area contributed by atoms with Crippen LogP contribution in [0.2, 0.25) is 0 Å². The SMILES string of the molecule is NS(=O)(=O)c1cccc(Oc2ccc(F)c(C(F)(F)F)c2)c1[N+](=O)[O-]. The summed E-state index contributed by atoms with van der Waals surface area (Å²) < 4.78 is 79.1. The molecule has 2 N–H and O–H groups in total. The number of nitrogens with two attached hydrogens (primary N) is 1. The van der Waals surface area contributed by atoms with Gasteiger partial charge in [-0.05, 0) is 30.3 Å². The molecule has 0 radical (unpaired) electrons. The summed E-state index contributed by atoms with van der Waals surface area (Å²) in [6.07, 6.45) is -5.02. The Balaban J connectivity index is 2.57. The summed E-state index contributed by atoms with van der Waals surface area (Å²) in [5.41, 5.74) is -2.70. The number of nitrogens with zero attached hydrogens (tertiary/aromatic N) is 1. The van der Waals surface area contributed by atoms with E-state index in [0.717, 1.165) is 24.3 Å². The summed E-state index contributed by atoms with van der Waals surface area (Å²) in [6.45, 7) is 0. The maximum Gasteiger partial charge on any atom is 0.419 e. The summed E-state index contributed by atoms with van der Waals surface area (Å²) in [5.74, 6) is -2.81. The average Bonchev–Trinajstić information content (AvgIpc) is 2.46. The highest BCUT2D eigenvalue weighted by Crippen LogP contribution is 2.38. The second kappa shape index (κ2) is 6.29. The normalized spacial score (nSPS) is 12.0. The molecule has 0 atom stereocenters. The third-order valence-electron chi connectivity index (χ3n) is 2.92. The first-order valence-corrected chi connectivity index (χ1v) is 7.80. The molecule has 0 saturated carbocycles. The molecular formula is C13H8F4N2O5S. The molecule has 0 aliphatic rings. The summed E-state index contributed by atoms with van der Waals surface area (Å²) in [5, 5.41) is 16.0. The highest BCUT2D eigenvalue weighted by Gasteiger charge is 2.35. The Morgan fingerprint density at radius 2 is 1.80 bits per heavy atom. The number of rotatable bonds is 4. The Labute approximate surface area is 137 Å². The number of alkyl halides is 3. The van der Waals surface area contributed by atoms with Crippen molar-refractivity contribution >= 4 is 15.7 Å². The van der Waals surface area contributed by atoms with Gasteiger partial charge in [0, 0.05) is 0 Å². The number of sulfonamides is 1. The standard InChI is InChI=1S/C13H8F4N2O5S/c14-9-5-4-7(6-8(9)13(15,16)17)24-10-2-1-3-11(25(18,22)23)12(10)19(20)21/h1-6H,(H2,18,22,23). The lowest BCUT2D eigenvalue weighted by Crippen LogP contribution is -2.14. The molecule has 0 bridgehead atoms. The van der Waals surface area contributed by atoms with Gasteiger partial charge in [-0.1, -0.05) is 6.07 Å². The summed E-state index contributed by atoms with van der Waals surface area (Å²) in [7, 11) is -4.49. The zero-order chi connectivity index (χ0) is 19.0. The van der Waals surface area contributed by atoms with Gasteiger partial charge in [-0.15, -0.1) is 0 Å². The van der Waals surface area contributed by atoms with Gasteiger partial charge in [0.2, 0.25) is 15.8 Å². The smallest absolute Gasteiger partial charge is 0.419 e. The van der Waals surface area contributed by atoms with E-state index in [2.05, 4.69) is 0 Å². The van der Waals surface area contributed by atoms with Crippen LogP contribution in [0.1, 0.15) is 5.56 Å². The van der Waals surface area contributed by atoms with Gasteiger partial charge in [0.25, 0.3) is 0 Å². The third-order valence-corrected chi connectivity index (χ3v) is 3.86. The number of nitro benzene ring substituents is 1. The molecule has 134 valence electrons. The number of primary sulfonamides is 1. The Bertz CT molecular complexity index is 944. The first kappa shape index (κ1) is 18.6. The van der Waals surface area contributed by atoms with E-state index in [9.17, 15) is 36.1 Å². The van der Waals surface area contributed by atoms with Crippen molar-refractivity contribution in [3.05, 3.63) is 57.9 Å². The molecule has 0 spiro atoms. The van der Waals surface area contributed by atoms with E-state index in [0.29, 0.717) is 12.1 Å². The van der Waals surface area contributed by atoms with E-state index in [4.69, 9.17) is 9.88 Å². The van der Waals surface area contributed by atoms with Crippen LogP contribution in [0.25, 0.3) is 0 Å². The van der Waals surface area contributed by atoms with E-state index in [1.807, 2.05) is 0 Å². The Morgan fingerprint density at radius 1 is 1.16 bits per heavy atom. The summed E-state index contributed by atoms with van der Waals surface area (Å²) in [6, 6.07) is 4.42. The maximum absolute atomic E-state index is 13.3. The van der Waals surface area contributed by atoms with E-state index >= 15 is 0 Å². The zero-order valence-corrected chi connectivity index (χ0v) is 12.8. The van der Waals surface area contributed by atoms with Crippen LogP contribution < -0.4 is 9.88 Å². The molecule has 2 aromatic rings. The first-order chi connectivity index (χ1) is 11.4. The van der Waals surface area contributed by atoms with Crippen molar-refractivity contribution in [3.8, 4) is 11.5 Å². The molecule has 0 fully saturated rings. The minimum absolute atomic E-state index is 0.294. The van der Waals surface area contributed by atoms with Crippen LogP contribution in [-0.4, -0.2) is 13.3 Å². The number of para-hydroxylation sites is 1. The van der Waals surface area contributed by atoms with Crippen molar-refractivity contribution < 1.29 is 35.6 Å². The van der Waals surface area contributed by atoms with Crippen LogP contribution in [0.4, 0.5) is 23.2 Å². The summed E-state index contributed by atoms with van der Waals surface area (Å²) in [4.78, 5) is 9.14. The van der Waals surface area contributed by atoms with Gasteiger partial charge < -0.3 is 4.74 Å². The highest BCUT2D eigenvalue weighted by molar-refractivity contribution is 7.89. The molecule has 0 unspecified atom stereocenters. The molecule has 2 aromatic carbocycles. The van der Waals surface area contributed by atoms with Crippen LogP contribution in [0.15, 0.2) is 41.3 Å². The molecule has 0 saturated heterocycles. The quantitative estimate of drug-likeness (QED) is 0.497. The fraction of sp³-hybridized carbons (Fsp3) is 0.0769. The molecule has 0 aliphatic heterocycles. The molecule has 7 nitrogen and oxygen atoms in total. The molecule has 0 heterocycles. The van der Waals surface area contributed by atoms with E-state index in [1.165, 1.54) is 0 Å². The lowest BCUT2D eigenvalue weighted by Gasteiger charge is -2.12.